The molecular weight excluding hydrogens is 398 g/mol. The van der Waals surface area contributed by atoms with Gasteiger partial charge in [0.25, 0.3) is 11.6 Å². The summed E-state index contributed by atoms with van der Waals surface area (Å²) < 4.78 is 5.38. The van der Waals surface area contributed by atoms with E-state index in [0.29, 0.717) is 10.5 Å². The predicted molar refractivity (Wildman–Crippen MR) is 106 cm³/mol. The maximum Gasteiger partial charge on any atom is 0.321 e. The number of rotatable bonds is 7. The summed E-state index contributed by atoms with van der Waals surface area (Å²) in [4.78, 5) is 47.2. The molecule has 0 aliphatic rings. The summed E-state index contributed by atoms with van der Waals surface area (Å²) in [6.07, 6.45) is -1.30. The molecular formula is C19H19N3O6S. The summed E-state index contributed by atoms with van der Waals surface area (Å²) in [5.74, 6) is -1.45. The van der Waals surface area contributed by atoms with E-state index in [1.54, 1.807) is 37.3 Å². The quantitative estimate of drug-likeness (QED) is 0.307. The zero-order chi connectivity index (χ0) is 21.4. The number of hydrogen-bond donors (Lipinski definition) is 2. The van der Waals surface area contributed by atoms with Gasteiger partial charge in [-0.15, -0.1) is 11.8 Å². The number of carbonyl (C=O) groups is 3. The van der Waals surface area contributed by atoms with Gasteiger partial charge in [0.05, 0.1) is 4.92 Å². The summed E-state index contributed by atoms with van der Waals surface area (Å²) in [5, 5.41) is 14.4. The third-order valence-corrected chi connectivity index (χ3v) is 4.82. The van der Waals surface area contributed by atoms with Crippen molar-refractivity contribution in [2.45, 2.75) is 23.2 Å². The van der Waals surface area contributed by atoms with E-state index in [-0.39, 0.29) is 5.69 Å². The van der Waals surface area contributed by atoms with Gasteiger partial charge in [-0.1, -0.05) is 30.3 Å². The highest BCUT2D eigenvalue weighted by molar-refractivity contribution is 8.00. The Morgan fingerprint density at radius 3 is 2.24 bits per heavy atom. The molecule has 0 heterocycles. The Morgan fingerprint density at radius 1 is 1.07 bits per heavy atom. The fraction of sp³-hybridized carbons (Fsp3) is 0.211. The van der Waals surface area contributed by atoms with E-state index in [1.807, 2.05) is 0 Å². The van der Waals surface area contributed by atoms with Crippen molar-refractivity contribution in [1.82, 2.24) is 10.6 Å². The number of hydrogen-bond acceptors (Lipinski definition) is 7. The fourth-order valence-corrected chi connectivity index (χ4v) is 3.10. The smallest absolute Gasteiger partial charge is 0.321 e. The van der Waals surface area contributed by atoms with Gasteiger partial charge in [-0.3, -0.25) is 25.0 Å². The maximum absolute atomic E-state index is 12.5. The van der Waals surface area contributed by atoms with Crippen LogP contribution in [0.2, 0.25) is 0 Å². The number of benzene rings is 2. The highest BCUT2D eigenvalue weighted by Gasteiger charge is 2.28. The Hall–Kier alpha value is -3.40. The largest absolute Gasteiger partial charge is 0.446 e. The van der Waals surface area contributed by atoms with Gasteiger partial charge in [-0.2, -0.15) is 0 Å². The number of non-ortho nitro benzene ring substituents is 1. The van der Waals surface area contributed by atoms with E-state index >= 15 is 0 Å². The number of esters is 1. The van der Waals surface area contributed by atoms with Crippen LogP contribution >= 0.6 is 11.8 Å². The van der Waals surface area contributed by atoms with Gasteiger partial charge < -0.3 is 10.1 Å². The Bertz CT molecular complexity index is 889. The number of nitro benzene ring substituents is 1. The normalized spacial score (nSPS) is 12.3. The Labute approximate surface area is 171 Å². The van der Waals surface area contributed by atoms with E-state index in [2.05, 4.69) is 10.6 Å². The van der Waals surface area contributed by atoms with Crippen LogP contribution in [-0.2, 0) is 14.3 Å². The van der Waals surface area contributed by atoms with Crippen molar-refractivity contribution in [2.75, 3.05) is 7.05 Å². The van der Waals surface area contributed by atoms with E-state index in [4.69, 9.17) is 4.74 Å². The third kappa shape index (κ3) is 6.32. The second-order valence-electron chi connectivity index (χ2n) is 5.81. The van der Waals surface area contributed by atoms with Gasteiger partial charge in [0.1, 0.15) is 5.25 Å². The van der Waals surface area contributed by atoms with Crippen LogP contribution in [0.25, 0.3) is 0 Å². The molecule has 2 rings (SSSR count). The topological polar surface area (TPSA) is 128 Å². The Morgan fingerprint density at radius 2 is 1.69 bits per heavy atom. The van der Waals surface area contributed by atoms with Gasteiger partial charge in [-0.05, 0) is 19.1 Å². The molecule has 2 N–H and O–H groups in total. The van der Waals surface area contributed by atoms with E-state index in [1.165, 1.54) is 31.3 Å². The number of nitro groups is 1. The first kappa shape index (κ1) is 21.9. The summed E-state index contributed by atoms with van der Waals surface area (Å²) in [6, 6.07) is 13.3. The first-order valence-electron chi connectivity index (χ1n) is 8.51. The van der Waals surface area contributed by atoms with E-state index in [0.717, 1.165) is 11.8 Å². The molecule has 2 aromatic rings. The zero-order valence-corrected chi connectivity index (χ0v) is 16.5. The van der Waals surface area contributed by atoms with Gasteiger partial charge >= 0.3 is 12.0 Å². The average molecular weight is 417 g/mol. The molecule has 29 heavy (non-hydrogen) atoms. The van der Waals surface area contributed by atoms with Crippen molar-refractivity contribution in [2.24, 2.45) is 0 Å². The van der Waals surface area contributed by atoms with Crippen molar-refractivity contribution < 1.29 is 24.0 Å². The van der Waals surface area contributed by atoms with Gasteiger partial charge in [0, 0.05) is 29.6 Å². The number of thioether (sulfide) groups is 1. The van der Waals surface area contributed by atoms with Crippen molar-refractivity contribution in [3.8, 4) is 0 Å². The van der Waals surface area contributed by atoms with Crippen molar-refractivity contribution >= 4 is 35.4 Å². The molecule has 152 valence electrons. The molecule has 10 heteroatoms. The number of ether oxygens (including phenoxy) is 1. The molecule has 9 nitrogen and oxygen atoms in total. The van der Waals surface area contributed by atoms with Crippen LogP contribution < -0.4 is 10.6 Å². The molecule has 0 aromatic heterocycles. The lowest BCUT2D eigenvalue weighted by molar-refractivity contribution is -0.384. The number of amides is 3. The minimum atomic E-state index is -1.30. The monoisotopic (exact) mass is 417 g/mol. The van der Waals surface area contributed by atoms with Gasteiger partial charge in [0.2, 0.25) is 6.10 Å². The van der Waals surface area contributed by atoms with E-state index in [9.17, 15) is 24.5 Å². The zero-order valence-electron chi connectivity index (χ0n) is 15.7. The van der Waals surface area contributed by atoms with Crippen LogP contribution in [0.5, 0.6) is 0 Å². The standard InChI is InChI=1S/C19H19N3O6S/c1-12(29-15-10-8-14(9-11-15)22(26)27)18(24)28-16(13-6-4-3-5-7-13)17(23)21-19(25)20-2/h3-12,16H,1-2H3,(H2,20,21,23,25)/t12-,16+/m0/s1. The molecule has 0 aliphatic carbocycles. The molecule has 3 amide bonds. The van der Waals surface area contributed by atoms with Crippen molar-refractivity contribution in [1.29, 1.82) is 0 Å². The maximum atomic E-state index is 12.5. The SMILES string of the molecule is CNC(=O)NC(=O)[C@H](OC(=O)[C@H](C)Sc1ccc([N+](=O)[O-])cc1)c1ccccc1. The minimum absolute atomic E-state index is 0.0559. The van der Waals surface area contributed by atoms with Gasteiger partial charge in [0.15, 0.2) is 0 Å². The molecule has 0 aliphatic heterocycles. The molecule has 0 saturated heterocycles. The number of nitrogens with zero attached hydrogens (tertiary/aromatic N) is 1. The number of carbonyl (C=O) groups excluding carboxylic acids is 3. The van der Waals surface area contributed by atoms with Crippen molar-refractivity contribution in [3.05, 3.63) is 70.3 Å². The summed E-state index contributed by atoms with van der Waals surface area (Å²) in [5.41, 5.74) is 0.356. The van der Waals surface area contributed by atoms with Crippen LogP contribution in [0.15, 0.2) is 59.5 Å². The predicted octanol–water partition coefficient (Wildman–Crippen LogP) is 2.82. The molecule has 0 radical (unpaired) electrons. The average Bonchev–Trinajstić information content (AvgIpc) is 2.72. The Kier molecular flexibility index (Phi) is 7.72. The van der Waals surface area contributed by atoms with Crippen LogP contribution in [-0.4, -0.2) is 35.1 Å². The number of imide groups is 1. The lowest BCUT2D eigenvalue weighted by Gasteiger charge is -2.19. The molecule has 2 atom stereocenters. The minimum Gasteiger partial charge on any atom is -0.446 e. The van der Waals surface area contributed by atoms with Crippen LogP contribution in [0, 0.1) is 10.1 Å². The summed E-state index contributed by atoms with van der Waals surface area (Å²) >= 11 is 1.13. The molecule has 2 aromatic carbocycles. The lowest BCUT2D eigenvalue weighted by atomic mass is 10.1. The molecule has 0 unspecified atom stereocenters. The highest BCUT2D eigenvalue weighted by atomic mass is 32.2. The van der Waals surface area contributed by atoms with Crippen molar-refractivity contribution in [3.63, 3.8) is 0 Å². The molecule has 0 bridgehead atoms. The first-order valence-corrected chi connectivity index (χ1v) is 9.39. The van der Waals surface area contributed by atoms with Gasteiger partial charge in [-0.25, -0.2) is 4.79 Å². The molecule has 0 spiro atoms. The molecule has 0 saturated carbocycles. The second-order valence-corrected chi connectivity index (χ2v) is 7.22. The van der Waals surface area contributed by atoms with Crippen LogP contribution in [0.1, 0.15) is 18.6 Å². The second kappa shape index (κ2) is 10.2. The first-order chi connectivity index (χ1) is 13.8. The number of urea groups is 1. The Balaban J connectivity index is 2.10. The highest BCUT2D eigenvalue weighted by Crippen LogP contribution is 2.28. The summed E-state index contributed by atoms with van der Waals surface area (Å²) in [6.45, 7) is 1.59. The van der Waals surface area contributed by atoms with Crippen LogP contribution in [0.3, 0.4) is 0 Å². The third-order valence-electron chi connectivity index (χ3n) is 3.73. The lowest BCUT2D eigenvalue weighted by Crippen LogP contribution is -2.41. The molecule has 0 fully saturated rings. The summed E-state index contributed by atoms with van der Waals surface area (Å²) in [7, 11) is 1.36. The van der Waals surface area contributed by atoms with Crippen LogP contribution in [0.4, 0.5) is 10.5 Å². The fourth-order valence-electron chi connectivity index (χ4n) is 2.25. The van der Waals surface area contributed by atoms with E-state index < -0.39 is 34.2 Å². The number of nitrogens with one attached hydrogen (secondary N) is 2.